The maximum absolute atomic E-state index is 11.7. The van der Waals surface area contributed by atoms with Crippen LogP contribution in [0.25, 0.3) is 0 Å². The molecule has 0 aliphatic carbocycles. The maximum atomic E-state index is 11.7. The van der Waals surface area contributed by atoms with Gasteiger partial charge in [-0.25, -0.2) is 0 Å². The van der Waals surface area contributed by atoms with Crippen molar-refractivity contribution in [3.63, 3.8) is 0 Å². The summed E-state index contributed by atoms with van der Waals surface area (Å²) in [6.07, 6.45) is -0.383. The first-order chi connectivity index (χ1) is 7.52. The topological polar surface area (TPSA) is 49.8 Å². The molecule has 90 valence electrons. The van der Waals surface area contributed by atoms with Crippen molar-refractivity contribution in [3.05, 3.63) is 15.8 Å². The van der Waals surface area contributed by atoms with E-state index in [-0.39, 0.29) is 12.1 Å². The lowest BCUT2D eigenvalue weighted by atomic mass is 10.2. The minimum Gasteiger partial charge on any atom is -0.387 e. The molecule has 16 heavy (non-hydrogen) atoms. The molecule has 0 radical (unpaired) electrons. The highest BCUT2D eigenvalue weighted by Crippen LogP contribution is 2.31. The van der Waals surface area contributed by atoms with Crippen LogP contribution in [0.15, 0.2) is 5.38 Å². The van der Waals surface area contributed by atoms with E-state index >= 15 is 0 Å². The summed E-state index contributed by atoms with van der Waals surface area (Å²) in [7, 11) is 1.54. The van der Waals surface area contributed by atoms with Gasteiger partial charge in [0.15, 0.2) is 0 Å². The number of hydrogen-bond acceptors (Lipinski definition) is 4. The zero-order valence-electron chi connectivity index (χ0n) is 9.98. The smallest absolute Gasteiger partial charge is 0.254 e. The molecule has 1 amide bonds. The van der Waals surface area contributed by atoms with Crippen LogP contribution < -0.4 is 4.90 Å². The fourth-order valence-electron chi connectivity index (χ4n) is 1.62. The molecule has 0 saturated heterocycles. The van der Waals surface area contributed by atoms with Gasteiger partial charge in [0.25, 0.3) is 5.91 Å². The molecule has 1 unspecified atom stereocenters. The Labute approximate surface area is 99.5 Å². The van der Waals surface area contributed by atoms with E-state index in [0.29, 0.717) is 0 Å². The molecule has 1 aromatic heterocycles. The number of amides is 1. The Hall–Kier alpha value is -0.910. The zero-order chi connectivity index (χ0) is 12.3. The van der Waals surface area contributed by atoms with Crippen molar-refractivity contribution in [1.29, 1.82) is 0 Å². The summed E-state index contributed by atoms with van der Waals surface area (Å²) >= 11 is 1.58. The lowest BCUT2D eigenvalue weighted by Gasteiger charge is -2.28. The summed E-state index contributed by atoms with van der Waals surface area (Å²) < 4.78 is 5.17. The number of hydrogen-bond donors (Lipinski definition) is 1. The Kier molecular flexibility index (Phi) is 4.46. The van der Waals surface area contributed by atoms with E-state index < -0.39 is 6.61 Å². The third kappa shape index (κ3) is 2.42. The SMILES string of the molecule is COC(C)N(C(=O)CO)c1c(C)csc1C. The van der Waals surface area contributed by atoms with Crippen LogP contribution in [0.2, 0.25) is 0 Å². The van der Waals surface area contributed by atoms with Crippen LogP contribution in [0.5, 0.6) is 0 Å². The highest BCUT2D eigenvalue weighted by atomic mass is 32.1. The minimum atomic E-state index is -0.511. The molecule has 1 N–H and O–H groups in total. The van der Waals surface area contributed by atoms with Crippen LogP contribution in [-0.2, 0) is 9.53 Å². The number of anilines is 1. The number of nitrogens with zero attached hydrogens (tertiary/aromatic N) is 1. The average Bonchev–Trinajstić information content (AvgIpc) is 2.60. The Balaban J connectivity index is 3.15. The number of ether oxygens (including phenoxy) is 1. The standard InChI is InChI=1S/C11H17NO3S/c1-7-6-16-8(2)11(7)12(9(3)15-4)10(14)5-13/h6,9,13H,5H2,1-4H3. The van der Waals surface area contributed by atoms with Crippen molar-refractivity contribution in [2.24, 2.45) is 0 Å². The first-order valence-electron chi connectivity index (χ1n) is 5.03. The van der Waals surface area contributed by atoms with Crippen LogP contribution in [0, 0.1) is 13.8 Å². The molecule has 0 saturated carbocycles. The van der Waals surface area contributed by atoms with Gasteiger partial charge in [-0.3, -0.25) is 9.69 Å². The third-order valence-corrected chi connectivity index (χ3v) is 3.49. The van der Waals surface area contributed by atoms with Crippen molar-refractivity contribution >= 4 is 22.9 Å². The number of thiophene rings is 1. The Morgan fingerprint density at radius 3 is 2.62 bits per heavy atom. The van der Waals surface area contributed by atoms with E-state index in [1.165, 1.54) is 4.90 Å². The van der Waals surface area contributed by atoms with Gasteiger partial charge in [0, 0.05) is 12.0 Å². The molecular weight excluding hydrogens is 226 g/mol. The van der Waals surface area contributed by atoms with Gasteiger partial charge in [0.05, 0.1) is 5.69 Å². The lowest BCUT2D eigenvalue weighted by Crippen LogP contribution is -2.42. The first-order valence-corrected chi connectivity index (χ1v) is 5.91. The maximum Gasteiger partial charge on any atom is 0.254 e. The molecule has 0 aromatic carbocycles. The van der Waals surface area contributed by atoms with Gasteiger partial charge >= 0.3 is 0 Å². The zero-order valence-corrected chi connectivity index (χ0v) is 10.8. The van der Waals surface area contributed by atoms with E-state index in [0.717, 1.165) is 16.1 Å². The molecule has 0 aliphatic heterocycles. The second-order valence-corrected chi connectivity index (χ2v) is 4.66. The molecule has 0 aliphatic rings. The predicted molar refractivity (Wildman–Crippen MR) is 64.8 cm³/mol. The normalized spacial score (nSPS) is 12.6. The molecular formula is C11H17NO3S. The second kappa shape index (κ2) is 5.43. The summed E-state index contributed by atoms with van der Waals surface area (Å²) in [6.45, 7) is 5.17. The Bertz CT molecular complexity index is 356. The number of carbonyl (C=O) groups excluding carboxylic acids is 1. The van der Waals surface area contributed by atoms with Gasteiger partial charge in [0.1, 0.15) is 12.8 Å². The predicted octanol–water partition coefficient (Wildman–Crippen LogP) is 1.68. The van der Waals surface area contributed by atoms with Crippen LogP contribution in [0.3, 0.4) is 0 Å². The highest BCUT2D eigenvalue weighted by molar-refractivity contribution is 7.10. The van der Waals surface area contributed by atoms with Gasteiger partial charge in [-0.05, 0) is 31.7 Å². The monoisotopic (exact) mass is 243 g/mol. The summed E-state index contributed by atoms with van der Waals surface area (Å²) in [5.74, 6) is -0.348. The van der Waals surface area contributed by atoms with Crippen molar-refractivity contribution in [2.75, 3.05) is 18.6 Å². The highest BCUT2D eigenvalue weighted by Gasteiger charge is 2.24. The van der Waals surface area contributed by atoms with Crippen LogP contribution in [0.1, 0.15) is 17.4 Å². The quantitative estimate of drug-likeness (QED) is 0.819. The van der Waals surface area contributed by atoms with E-state index in [9.17, 15) is 4.79 Å². The third-order valence-electron chi connectivity index (χ3n) is 2.47. The summed E-state index contributed by atoms with van der Waals surface area (Å²) in [6, 6.07) is 0. The number of carbonyl (C=O) groups is 1. The molecule has 4 nitrogen and oxygen atoms in total. The molecule has 0 bridgehead atoms. The molecule has 5 heteroatoms. The van der Waals surface area contributed by atoms with Gasteiger partial charge in [-0.2, -0.15) is 0 Å². The molecule has 0 spiro atoms. The van der Waals surface area contributed by atoms with Gasteiger partial charge in [-0.15, -0.1) is 11.3 Å². The molecule has 1 heterocycles. The van der Waals surface area contributed by atoms with Crippen molar-refractivity contribution in [2.45, 2.75) is 27.0 Å². The molecule has 0 fully saturated rings. The average molecular weight is 243 g/mol. The number of aryl methyl sites for hydroxylation is 2. The Morgan fingerprint density at radius 1 is 1.62 bits per heavy atom. The van der Waals surface area contributed by atoms with Crippen molar-refractivity contribution < 1.29 is 14.6 Å². The van der Waals surface area contributed by atoms with E-state index in [2.05, 4.69) is 0 Å². The van der Waals surface area contributed by atoms with Crippen LogP contribution in [-0.4, -0.2) is 31.0 Å². The van der Waals surface area contributed by atoms with Crippen LogP contribution in [0.4, 0.5) is 5.69 Å². The van der Waals surface area contributed by atoms with Crippen LogP contribution >= 0.6 is 11.3 Å². The van der Waals surface area contributed by atoms with Gasteiger partial charge < -0.3 is 9.84 Å². The number of aliphatic hydroxyl groups is 1. The summed E-state index contributed by atoms with van der Waals surface area (Å²) in [4.78, 5) is 14.3. The largest absolute Gasteiger partial charge is 0.387 e. The van der Waals surface area contributed by atoms with Crippen molar-refractivity contribution in [3.8, 4) is 0 Å². The van der Waals surface area contributed by atoms with E-state index in [1.807, 2.05) is 19.2 Å². The fraction of sp³-hybridized carbons (Fsp3) is 0.545. The number of methoxy groups -OCH3 is 1. The lowest BCUT2D eigenvalue weighted by molar-refractivity contribution is -0.123. The fourth-order valence-corrected chi connectivity index (χ4v) is 2.45. The number of rotatable bonds is 4. The van der Waals surface area contributed by atoms with Gasteiger partial charge in [-0.1, -0.05) is 0 Å². The summed E-state index contributed by atoms with van der Waals surface area (Å²) in [5.41, 5.74) is 1.87. The minimum absolute atomic E-state index is 0.348. The molecule has 1 atom stereocenters. The van der Waals surface area contributed by atoms with Crippen molar-refractivity contribution in [1.82, 2.24) is 0 Å². The van der Waals surface area contributed by atoms with E-state index in [4.69, 9.17) is 9.84 Å². The second-order valence-electron chi connectivity index (χ2n) is 3.58. The Morgan fingerprint density at radius 2 is 2.25 bits per heavy atom. The number of aliphatic hydroxyl groups excluding tert-OH is 1. The molecule has 1 rings (SSSR count). The van der Waals surface area contributed by atoms with Gasteiger partial charge in [0.2, 0.25) is 0 Å². The first kappa shape index (κ1) is 13.2. The van der Waals surface area contributed by atoms with E-state index in [1.54, 1.807) is 25.4 Å². The molecule has 1 aromatic rings. The summed E-state index contributed by atoms with van der Waals surface area (Å²) in [5, 5.41) is 11.0.